The van der Waals surface area contributed by atoms with Crippen molar-refractivity contribution in [1.29, 1.82) is 0 Å². The van der Waals surface area contributed by atoms with E-state index < -0.39 is 0 Å². The molecule has 0 unspecified atom stereocenters. The van der Waals surface area contributed by atoms with Crippen LogP contribution in [0.15, 0.2) is 52.3 Å². The molecule has 0 N–H and O–H groups in total. The standard InChI is InChI=1S/C15H15IS/c1-3-12-4-9-15(11(2)10-12)17-14-7-5-13(16)6-8-14/h4-10H,3H2,1-2H3. The largest absolute Gasteiger partial charge is 0.0898 e. The number of hydrogen-bond donors (Lipinski definition) is 0. The predicted molar refractivity (Wildman–Crippen MR) is 83.8 cm³/mol. The Morgan fingerprint density at radius 2 is 1.76 bits per heavy atom. The van der Waals surface area contributed by atoms with Gasteiger partial charge < -0.3 is 0 Å². The molecule has 2 aromatic carbocycles. The maximum absolute atomic E-state index is 2.33. The highest BCUT2D eigenvalue weighted by Gasteiger charge is 2.02. The molecule has 0 radical (unpaired) electrons. The summed E-state index contributed by atoms with van der Waals surface area (Å²) in [6.45, 7) is 4.38. The van der Waals surface area contributed by atoms with Crippen LogP contribution < -0.4 is 0 Å². The minimum absolute atomic E-state index is 1.11. The third-order valence-corrected chi connectivity index (χ3v) is 4.59. The van der Waals surface area contributed by atoms with Gasteiger partial charge in [0.1, 0.15) is 0 Å². The van der Waals surface area contributed by atoms with Crippen molar-refractivity contribution in [3.8, 4) is 0 Å². The normalized spacial score (nSPS) is 10.5. The molecule has 0 aliphatic carbocycles. The fraction of sp³-hybridized carbons (Fsp3) is 0.200. The van der Waals surface area contributed by atoms with E-state index in [1.54, 1.807) is 0 Å². The zero-order chi connectivity index (χ0) is 12.3. The fourth-order valence-electron chi connectivity index (χ4n) is 1.68. The molecule has 0 aliphatic rings. The van der Waals surface area contributed by atoms with Crippen molar-refractivity contribution < 1.29 is 0 Å². The predicted octanol–water partition coefficient (Wildman–Crippen LogP) is 5.31. The monoisotopic (exact) mass is 354 g/mol. The lowest BCUT2D eigenvalue weighted by Crippen LogP contribution is -1.85. The van der Waals surface area contributed by atoms with E-state index in [-0.39, 0.29) is 0 Å². The van der Waals surface area contributed by atoms with Crippen LogP contribution in [0.4, 0.5) is 0 Å². The molecule has 2 heteroatoms. The quantitative estimate of drug-likeness (QED) is 0.673. The maximum Gasteiger partial charge on any atom is 0.0151 e. The summed E-state index contributed by atoms with van der Waals surface area (Å²) in [5.41, 5.74) is 2.78. The Labute approximate surface area is 121 Å². The first-order chi connectivity index (χ1) is 8.19. The number of rotatable bonds is 3. The van der Waals surface area contributed by atoms with E-state index in [4.69, 9.17) is 0 Å². The zero-order valence-electron chi connectivity index (χ0n) is 10.0. The number of hydrogen-bond acceptors (Lipinski definition) is 1. The van der Waals surface area contributed by atoms with Crippen molar-refractivity contribution in [3.05, 3.63) is 57.2 Å². The molecule has 0 saturated carbocycles. The first-order valence-corrected chi connectivity index (χ1v) is 7.61. The smallest absolute Gasteiger partial charge is 0.0151 e. The summed E-state index contributed by atoms with van der Waals surface area (Å²) in [4.78, 5) is 2.65. The Bertz CT molecular complexity index is 503. The first kappa shape index (κ1) is 13.0. The third-order valence-electron chi connectivity index (χ3n) is 2.69. The van der Waals surface area contributed by atoms with Gasteiger partial charge in [0, 0.05) is 13.4 Å². The molecule has 88 valence electrons. The van der Waals surface area contributed by atoms with E-state index in [9.17, 15) is 0 Å². The lowest BCUT2D eigenvalue weighted by atomic mass is 10.1. The van der Waals surface area contributed by atoms with E-state index in [1.165, 1.54) is 24.5 Å². The van der Waals surface area contributed by atoms with Crippen molar-refractivity contribution in [2.45, 2.75) is 30.1 Å². The van der Waals surface area contributed by atoms with Gasteiger partial charge in [0.25, 0.3) is 0 Å². The molecule has 2 aromatic rings. The lowest BCUT2D eigenvalue weighted by Gasteiger charge is -2.07. The fourth-order valence-corrected chi connectivity index (χ4v) is 2.92. The van der Waals surface area contributed by atoms with Crippen LogP contribution in [0.3, 0.4) is 0 Å². The highest BCUT2D eigenvalue weighted by atomic mass is 127. The second-order valence-electron chi connectivity index (χ2n) is 4.01. The molecule has 0 spiro atoms. The molecule has 0 aromatic heterocycles. The molecule has 0 saturated heterocycles. The molecule has 0 heterocycles. The van der Waals surface area contributed by atoms with Crippen LogP contribution in [-0.2, 0) is 6.42 Å². The Morgan fingerprint density at radius 1 is 1.06 bits per heavy atom. The number of benzene rings is 2. The second-order valence-corrected chi connectivity index (χ2v) is 6.37. The van der Waals surface area contributed by atoms with Gasteiger partial charge in [-0.05, 0) is 77.4 Å². The molecular formula is C15H15IS. The molecule has 17 heavy (non-hydrogen) atoms. The summed E-state index contributed by atoms with van der Waals surface area (Å²) >= 11 is 4.17. The van der Waals surface area contributed by atoms with Gasteiger partial charge >= 0.3 is 0 Å². The van der Waals surface area contributed by atoms with Crippen LogP contribution in [0.5, 0.6) is 0 Å². The van der Waals surface area contributed by atoms with Crippen LogP contribution in [0.25, 0.3) is 0 Å². The summed E-state index contributed by atoms with van der Waals surface area (Å²) in [5, 5.41) is 0. The van der Waals surface area contributed by atoms with Gasteiger partial charge in [-0.2, -0.15) is 0 Å². The first-order valence-electron chi connectivity index (χ1n) is 5.72. The van der Waals surface area contributed by atoms with E-state index in [2.05, 4.69) is 78.9 Å². The molecule has 0 aliphatic heterocycles. The molecule has 0 fully saturated rings. The third kappa shape index (κ3) is 3.49. The second kappa shape index (κ2) is 5.91. The Hall–Kier alpha value is -0.480. The summed E-state index contributed by atoms with van der Waals surface area (Å²) in [6, 6.07) is 15.4. The van der Waals surface area contributed by atoms with E-state index in [0.29, 0.717) is 0 Å². The van der Waals surface area contributed by atoms with Gasteiger partial charge in [0.2, 0.25) is 0 Å². The molecule has 2 rings (SSSR count). The molecule has 0 nitrogen and oxygen atoms in total. The van der Waals surface area contributed by atoms with Crippen LogP contribution in [0.2, 0.25) is 0 Å². The van der Waals surface area contributed by atoms with E-state index in [0.717, 1.165) is 6.42 Å². The molecule has 0 atom stereocenters. The van der Waals surface area contributed by atoms with Crippen LogP contribution in [0, 0.1) is 10.5 Å². The summed E-state index contributed by atoms with van der Waals surface area (Å²) in [6.07, 6.45) is 1.11. The van der Waals surface area contributed by atoms with Gasteiger partial charge in [-0.15, -0.1) is 0 Å². The number of aryl methyl sites for hydroxylation is 2. The number of halogens is 1. The van der Waals surface area contributed by atoms with Crippen LogP contribution >= 0.6 is 34.4 Å². The van der Waals surface area contributed by atoms with Crippen molar-refractivity contribution in [2.24, 2.45) is 0 Å². The van der Waals surface area contributed by atoms with Gasteiger partial charge in [-0.3, -0.25) is 0 Å². The molecule has 0 amide bonds. The van der Waals surface area contributed by atoms with E-state index in [1.807, 2.05) is 11.8 Å². The summed E-state index contributed by atoms with van der Waals surface area (Å²) in [5.74, 6) is 0. The van der Waals surface area contributed by atoms with Crippen molar-refractivity contribution >= 4 is 34.4 Å². The molecular weight excluding hydrogens is 339 g/mol. The average molecular weight is 354 g/mol. The van der Waals surface area contributed by atoms with Gasteiger partial charge in [0.15, 0.2) is 0 Å². The van der Waals surface area contributed by atoms with Crippen molar-refractivity contribution in [1.82, 2.24) is 0 Å². The van der Waals surface area contributed by atoms with Crippen LogP contribution in [-0.4, -0.2) is 0 Å². The van der Waals surface area contributed by atoms with Gasteiger partial charge in [-0.1, -0.05) is 30.8 Å². The van der Waals surface area contributed by atoms with Crippen LogP contribution in [0.1, 0.15) is 18.1 Å². The van der Waals surface area contributed by atoms with Crippen molar-refractivity contribution in [3.63, 3.8) is 0 Å². The average Bonchev–Trinajstić information content (AvgIpc) is 2.34. The highest BCUT2D eigenvalue weighted by molar-refractivity contribution is 14.1. The summed E-state index contributed by atoms with van der Waals surface area (Å²) in [7, 11) is 0. The maximum atomic E-state index is 2.33. The highest BCUT2D eigenvalue weighted by Crippen LogP contribution is 2.31. The van der Waals surface area contributed by atoms with Gasteiger partial charge in [0.05, 0.1) is 0 Å². The Morgan fingerprint density at radius 3 is 2.35 bits per heavy atom. The SMILES string of the molecule is CCc1ccc(Sc2ccc(I)cc2)c(C)c1. The summed E-state index contributed by atoms with van der Waals surface area (Å²) < 4.78 is 1.28. The topological polar surface area (TPSA) is 0 Å². The minimum atomic E-state index is 1.11. The Balaban J connectivity index is 2.21. The van der Waals surface area contributed by atoms with Crippen molar-refractivity contribution in [2.75, 3.05) is 0 Å². The Kier molecular flexibility index (Phi) is 4.51. The molecule has 0 bridgehead atoms. The van der Waals surface area contributed by atoms with E-state index >= 15 is 0 Å². The minimum Gasteiger partial charge on any atom is -0.0898 e. The zero-order valence-corrected chi connectivity index (χ0v) is 13.0. The van der Waals surface area contributed by atoms with Gasteiger partial charge in [-0.25, -0.2) is 0 Å². The lowest BCUT2D eigenvalue weighted by molar-refractivity contribution is 1.11.